The Morgan fingerprint density at radius 2 is 1.91 bits per heavy atom. The molecule has 0 unspecified atom stereocenters. The molecule has 11 nitrogen and oxygen atoms in total. The minimum Gasteiger partial charge on any atom is -0.790 e. The van der Waals surface area contributed by atoms with E-state index in [0.717, 1.165) is 16.8 Å². The molecule has 1 aromatic heterocycles. The van der Waals surface area contributed by atoms with Crippen LogP contribution in [0.4, 0.5) is 0 Å². The number of H-pyrrole nitrogens is 1. The molecule has 2 heterocycles. The molecule has 1 aliphatic rings. The van der Waals surface area contributed by atoms with Gasteiger partial charge in [0, 0.05) is 12.3 Å². The number of nitrogens with one attached hydrogen (secondary N) is 1. The van der Waals surface area contributed by atoms with Crippen LogP contribution in [0.25, 0.3) is 0 Å². The molecule has 3 N–H and O–H groups in total. The smallest absolute Gasteiger partial charge is 0.790 e. The van der Waals surface area contributed by atoms with Crippen molar-refractivity contribution in [1.82, 2.24) is 9.55 Å². The van der Waals surface area contributed by atoms with Crippen LogP contribution in [0.1, 0.15) is 6.23 Å². The van der Waals surface area contributed by atoms with E-state index in [9.17, 15) is 34.2 Å². The van der Waals surface area contributed by atoms with E-state index in [-0.39, 0.29) is 103 Å². The fraction of sp³-hybridized carbons (Fsp3) is 0.556. The number of phosphoric acid groups is 1. The first-order chi connectivity index (χ1) is 9.69. The molecule has 0 aliphatic carbocycles. The fourth-order valence-corrected chi connectivity index (χ4v) is 2.22. The summed E-state index contributed by atoms with van der Waals surface area (Å²) in [6.45, 7) is -0.808. The van der Waals surface area contributed by atoms with Crippen LogP contribution in [-0.4, -0.2) is 44.7 Å². The summed E-state index contributed by atoms with van der Waals surface area (Å²) < 4.78 is 20.3. The number of rotatable bonds is 4. The van der Waals surface area contributed by atoms with Gasteiger partial charge in [0.15, 0.2) is 6.23 Å². The average Bonchev–Trinajstić information content (AvgIpc) is 2.64. The van der Waals surface area contributed by atoms with Crippen molar-refractivity contribution in [1.29, 1.82) is 0 Å². The van der Waals surface area contributed by atoms with Crippen LogP contribution in [0.3, 0.4) is 0 Å². The van der Waals surface area contributed by atoms with Crippen molar-refractivity contribution in [2.24, 2.45) is 0 Å². The Labute approximate surface area is 214 Å². The summed E-state index contributed by atoms with van der Waals surface area (Å²) in [4.78, 5) is 45.2. The van der Waals surface area contributed by atoms with E-state index in [0.29, 0.717) is 0 Å². The second-order valence-electron chi connectivity index (χ2n) is 4.31. The molecule has 23 heavy (non-hydrogen) atoms. The summed E-state index contributed by atoms with van der Waals surface area (Å²) >= 11 is 0. The predicted molar refractivity (Wildman–Crippen MR) is 60.8 cm³/mol. The third kappa shape index (κ3) is 6.88. The molecular formula is C9H11K2N2O9P. The maximum atomic E-state index is 11.6. The minimum atomic E-state index is -5.26. The Kier molecular flexibility index (Phi) is 11.2. The zero-order valence-corrected chi connectivity index (χ0v) is 19.5. The second kappa shape index (κ2) is 10.3. The molecule has 0 saturated carbocycles. The van der Waals surface area contributed by atoms with Crippen LogP contribution >= 0.6 is 7.82 Å². The van der Waals surface area contributed by atoms with E-state index in [1.165, 1.54) is 0 Å². The summed E-state index contributed by atoms with van der Waals surface area (Å²) in [6, 6.07) is 0.997. The van der Waals surface area contributed by atoms with Crippen molar-refractivity contribution in [2.45, 2.75) is 24.5 Å². The van der Waals surface area contributed by atoms with Gasteiger partial charge in [-0.05, 0) is 0 Å². The standard InChI is InChI=1S/C9H13N2O9P.2K/c12-5-1-2-11(9(15)10-5)8-7(14)6(13)4(20-8)3-19-21(16,17)18;;/h1-2,4,6-8,13-14H,3H2,(H,10,12,15)(H2,16,17,18);;/q;2*+1/p-2/t4-,6-,7-,8-;;/m1../s1. The molecule has 4 atom stereocenters. The molecule has 1 fully saturated rings. The van der Waals surface area contributed by atoms with E-state index in [1.807, 2.05) is 4.98 Å². The van der Waals surface area contributed by atoms with Crippen LogP contribution in [0, 0.1) is 0 Å². The van der Waals surface area contributed by atoms with Crippen LogP contribution in [0.2, 0.25) is 0 Å². The fourth-order valence-electron chi connectivity index (χ4n) is 1.89. The second-order valence-corrected chi connectivity index (χ2v) is 5.46. The first-order valence-corrected chi connectivity index (χ1v) is 7.15. The Balaban J connectivity index is 0.00000242. The van der Waals surface area contributed by atoms with Crippen LogP contribution < -0.4 is 124 Å². The third-order valence-electron chi connectivity index (χ3n) is 2.86. The van der Waals surface area contributed by atoms with Gasteiger partial charge in [0.1, 0.15) is 18.3 Å². The Morgan fingerprint density at radius 3 is 2.43 bits per heavy atom. The van der Waals surface area contributed by atoms with Crippen LogP contribution in [0.5, 0.6) is 0 Å². The molecule has 0 bridgehead atoms. The molecule has 1 aliphatic heterocycles. The maximum absolute atomic E-state index is 11.6. The van der Waals surface area contributed by atoms with Crippen molar-refractivity contribution in [2.75, 3.05) is 6.61 Å². The van der Waals surface area contributed by atoms with Gasteiger partial charge in [-0.1, -0.05) is 0 Å². The van der Waals surface area contributed by atoms with Gasteiger partial charge in [-0.2, -0.15) is 0 Å². The van der Waals surface area contributed by atoms with E-state index in [1.54, 1.807) is 0 Å². The van der Waals surface area contributed by atoms with Gasteiger partial charge in [-0.15, -0.1) is 0 Å². The van der Waals surface area contributed by atoms with Crippen LogP contribution in [0.15, 0.2) is 21.9 Å². The third-order valence-corrected chi connectivity index (χ3v) is 3.32. The number of ether oxygens (including phenoxy) is 1. The van der Waals surface area contributed by atoms with Gasteiger partial charge in [0.05, 0.1) is 14.4 Å². The first-order valence-electron chi connectivity index (χ1n) is 5.69. The number of hydrogen-bond acceptors (Lipinski definition) is 9. The van der Waals surface area contributed by atoms with Gasteiger partial charge in [-0.3, -0.25) is 14.3 Å². The Morgan fingerprint density at radius 1 is 1.30 bits per heavy atom. The summed E-state index contributed by atoms with van der Waals surface area (Å²) in [6.07, 6.45) is -4.83. The van der Waals surface area contributed by atoms with E-state index in [2.05, 4.69) is 4.52 Å². The molecule has 14 heteroatoms. The molecule has 0 spiro atoms. The van der Waals surface area contributed by atoms with Crippen molar-refractivity contribution < 1.29 is 137 Å². The van der Waals surface area contributed by atoms with Gasteiger partial charge in [0.25, 0.3) is 5.56 Å². The predicted octanol–water partition coefficient (Wildman–Crippen LogP) is -9.99. The largest absolute Gasteiger partial charge is 1.00 e. The molecule has 118 valence electrons. The summed E-state index contributed by atoms with van der Waals surface area (Å²) in [7, 11) is -5.26. The number of hydrogen-bond donors (Lipinski definition) is 3. The Hall–Kier alpha value is 1.94. The van der Waals surface area contributed by atoms with Gasteiger partial charge >= 0.3 is 108 Å². The minimum absolute atomic E-state index is 0. The monoisotopic (exact) mass is 400 g/mol. The molecule has 0 aromatic carbocycles. The molecule has 1 saturated heterocycles. The number of phosphoric ester groups is 1. The first kappa shape index (κ1) is 24.9. The molecule has 0 radical (unpaired) electrons. The quantitative estimate of drug-likeness (QED) is 0.327. The van der Waals surface area contributed by atoms with E-state index < -0.39 is 50.2 Å². The van der Waals surface area contributed by atoms with Crippen molar-refractivity contribution in [3.63, 3.8) is 0 Å². The molecule has 1 aromatic rings. The number of aliphatic hydroxyl groups is 2. The van der Waals surface area contributed by atoms with E-state index in [4.69, 9.17) is 4.74 Å². The average molecular weight is 400 g/mol. The number of aliphatic hydroxyl groups excluding tert-OH is 2. The van der Waals surface area contributed by atoms with Gasteiger partial charge < -0.3 is 33.8 Å². The zero-order chi connectivity index (χ0) is 15.8. The topological polar surface area (TPSA) is 177 Å². The van der Waals surface area contributed by atoms with Crippen molar-refractivity contribution >= 4 is 7.82 Å². The van der Waals surface area contributed by atoms with Crippen molar-refractivity contribution in [3.8, 4) is 0 Å². The molecule has 0 amide bonds. The van der Waals surface area contributed by atoms with Gasteiger partial charge in [-0.25, -0.2) is 4.79 Å². The number of aromatic nitrogens is 2. The number of aromatic amines is 1. The Bertz CT molecular complexity index is 673. The van der Waals surface area contributed by atoms with Crippen molar-refractivity contribution in [3.05, 3.63) is 33.1 Å². The zero-order valence-electron chi connectivity index (χ0n) is 12.3. The molecule has 2 rings (SSSR count). The summed E-state index contributed by atoms with van der Waals surface area (Å²) in [5.41, 5.74) is -1.55. The maximum Gasteiger partial charge on any atom is 1.00 e. The van der Waals surface area contributed by atoms with Gasteiger partial charge in [0.2, 0.25) is 0 Å². The van der Waals surface area contributed by atoms with Crippen LogP contribution in [-0.2, 0) is 13.8 Å². The SMILES string of the molecule is O=c1ccn([C@@H]2O[C@H](COP(=O)([O-])[O-])[C@@H](O)[C@H]2O)c(=O)[nH]1.[K+].[K+]. The van der Waals surface area contributed by atoms with E-state index >= 15 is 0 Å². The molecular weight excluding hydrogens is 389 g/mol. The normalized spacial score (nSPS) is 27.1. The summed E-state index contributed by atoms with van der Waals surface area (Å²) in [5, 5.41) is 19.5. The summed E-state index contributed by atoms with van der Waals surface area (Å²) in [5.74, 6) is 0. The number of nitrogens with zero attached hydrogens (tertiary/aromatic N) is 1.